The van der Waals surface area contributed by atoms with Gasteiger partial charge in [-0.05, 0) is 35.9 Å². The van der Waals surface area contributed by atoms with Gasteiger partial charge in [-0.25, -0.2) is 4.39 Å². The minimum absolute atomic E-state index is 0.0654. The first-order chi connectivity index (χ1) is 13.5. The highest BCUT2D eigenvalue weighted by Gasteiger charge is 2.44. The number of anilines is 1. The minimum atomic E-state index is -0.810. The van der Waals surface area contributed by atoms with E-state index >= 15 is 0 Å². The summed E-state index contributed by atoms with van der Waals surface area (Å²) < 4.78 is 19.2. The van der Waals surface area contributed by atoms with Crippen molar-refractivity contribution in [2.45, 2.75) is 6.04 Å². The van der Waals surface area contributed by atoms with E-state index < -0.39 is 17.8 Å². The predicted molar refractivity (Wildman–Crippen MR) is 102 cm³/mol. The van der Waals surface area contributed by atoms with E-state index in [2.05, 4.69) is 10.2 Å². The average Bonchev–Trinajstić information content (AvgIpc) is 3.30. The Hall–Kier alpha value is -3.10. The third-order valence-electron chi connectivity index (χ3n) is 4.57. The van der Waals surface area contributed by atoms with Crippen LogP contribution in [-0.4, -0.2) is 16.1 Å². The Morgan fingerprint density at radius 2 is 1.93 bits per heavy atom. The van der Waals surface area contributed by atoms with Gasteiger partial charge in [0, 0.05) is 5.02 Å². The Labute approximate surface area is 165 Å². The molecule has 3 heterocycles. The van der Waals surface area contributed by atoms with E-state index in [1.807, 2.05) is 0 Å². The highest BCUT2D eigenvalue weighted by Crippen LogP contribution is 2.41. The third-order valence-corrected chi connectivity index (χ3v) is 5.50. The maximum absolute atomic E-state index is 13.5. The molecule has 0 N–H and O–H groups in total. The summed E-state index contributed by atoms with van der Waals surface area (Å²) in [6, 6.07) is 9.42. The molecule has 5 rings (SSSR count). The molecule has 0 aliphatic carbocycles. The standard InChI is InChI=1S/C19H9ClFN3O3S/c20-10-3-6-13-12(7-10)16(25)14-15(9-1-4-11(21)5-2-9)24(18(26)17(14)27-13)19-23-22-8-28-19/h1-8,15H/t15-/m1/s1. The molecule has 0 bridgehead atoms. The molecule has 0 radical (unpaired) electrons. The predicted octanol–water partition coefficient (Wildman–Crippen LogP) is 4.19. The monoisotopic (exact) mass is 413 g/mol. The normalized spacial score (nSPS) is 16.0. The van der Waals surface area contributed by atoms with Crippen LogP contribution in [0.2, 0.25) is 5.02 Å². The number of hydrogen-bond donors (Lipinski definition) is 0. The van der Waals surface area contributed by atoms with Gasteiger partial charge in [-0.1, -0.05) is 35.1 Å². The van der Waals surface area contributed by atoms with Crippen LogP contribution in [0.4, 0.5) is 9.52 Å². The van der Waals surface area contributed by atoms with Crippen molar-refractivity contribution in [3.8, 4) is 0 Å². The zero-order valence-electron chi connectivity index (χ0n) is 13.9. The first-order valence-corrected chi connectivity index (χ1v) is 9.42. The summed E-state index contributed by atoms with van der Waals surface area (Å²) in [5, 5.41) is 8.72. The van der Waals surface area contributed by atoms with Gasteiger partial charge in [0.15, 0.2) is 5.43 Å². The molecular formula is C19H9ClFN3O3S. The second-order valence-corrected chi connectivity index (χ2v) is 7.41. The number of fused-ring (bicyclic) bond motifs is 2. The molecule has 0 unspecified atom stereocenters. The van der Waals surface area contributed by atoms with Crippen molar-refractivity contribution in [1.29, 1.82) is 0 Å². The van der Waals surface area contributed by atoms with Crippen molar-refractivity contribution >= 4 is 44.9 Å². The van der Waals surface area contributed by atoms with Crippen LogP contribution < -0.4 is 10.3 Å². The molecule has 0 saturated carbocycles. The van der Waals surface area contributed by atoms with E-state index in [0.717, 1.165) is 11.3 Å². The van der Waals surface area contributed by atoms with Crippen molar-refractivity contribution in [3.05, 3.63) is 85.9 Å². The molecule has 0 fully saturated rings. The molecule has 9 heteroatoms. The Morgan fingerprint density at radius 1 is 1.14 bits per heavy atom. The fourth-order valence-corrected chi connectivity index (χ4v) is 4.13. The molecule has 1 aliphatic heterocycles. The summed E-state index contributed by atoms with van der Waals surface area (Å²) in [6.45, 7) is 0. The highest BCUT2D eigenvalue weighted by atomic mass is 35.5. The Balaban J connectivity index is 1.83. The molecule has 4 aromatic rings. The van der Waals surface area contributed by atoms with Gasteiger partial charge in [0.2, 0.25) is 10.9 Å². The van der Waals surface area contributed by atoms with Gasteiger partial charge in [-0.2, -0.15) is 0 Å². The fourth-order valence-electron chi connectivity index (χ4n) is 3.38. The van der Waals surface area contributed by atoms with E-state index in [1.165, 1.54) is 40.7 Å². The lowest BCUT2D eigenvalue weighted by molar-refractivity contribution is 0.0970. The second-order valence-electron chi connectivity index (χ2n) is 6.17. The number of aromatic nitrogens is 2. The molecule has 0 saturated heterocycles. The molecule has 1 aliphatic rings. The van der Waals surface area contributed by atoms with Crippen molar-refractivity contribution in [1.82, 2.24) is 10.2 Å². The van der Waals surface area contributed by atoms with Gasteiger partial charge in [-0.3, -0.25) is 14.5 Å². The number of hydrogen-bond acceptors (Lipinski definition) is 6. The largest absolute Gasteiger partial charge is 0.450 e. The molecule has 138 valence electrons. The van der Waals surface area contributed by atoms with Crippen LogP contribution in [0, 0.1) is 5.82 Å². The summed E-state index contributed by atoms with van der Waals surface area (Å²) in [6.07, 6.45) is 0. The number of carbonyl (C=O) groups is 1. The highest BCUT2D eigenvalue weighted by molar-refractivity contribution is 7.13. The number of carbonyl (C=O) groups excluding carboxylic acids is 1. The van der Waals surface area contributed by atoms with Crippen molar-refractivity contribution in [3.63, 3.8) is 0 Å². The first-order valence-electron chi connectivity index (χ1n) is 8.16. The topological polar surface area (TPSA) is 76.3 Å². The zero-order chi connectivity index (χ0) is 19.4. The van der Waals surface area contributed by atoms with Crippen LogP contribution in [0.15, 0.2) is 57.2 Å². The van der Waals surface area contributed by atoms with E-state index in [4.69, 9.17) is 16.0 Å². The quantitative estimate of drug-likeness (QED) is 0.492. The Morgan fingerprint density at radius 3 is 2.64 bits per heavy atom. The van der Waals surface area contributed by atoms with Crippen LogP contribution in [0.5, 0.6) is 0 Å². The first kappa shape index (κ1) is 17.0. The van der Waals surface area contributed by atoms with Crippen molar-refractivity contribution < 1.29 is 13.6 Å². The lowest BCUT2D eigenvalue weighted by atomic mass is 9.99. The average molecular weight is 414 g/mol. The number of amides is 1. The van der Waals surface area contributed by atoms with Crippen molar-refractivity contribution in [2.75, 3.05) is 4.90 Å². The van der Waals surface area contributed by atoms with Crippen LogP contribution in [-0.2, 0) is 0 Å². The van der Waals surface area contributed by atoms with Crippen LogP contribution in [0.1, 0.15) is 27.7 Å². The van der Waals surface area contributed by atoms with Crippen molar-refractivity contribution in [2.24, 2.45) is 0 Å². The molecule has 2 aromatic carbocycles. The maximum atomic E-state index is 13.5. The minimum Gasteiger partial charge on any atom is -0.450 e. The van der Waals surface area contributed by atoms with Gasteiger partial charge >= 0.3 is 0 Å². The lowest BCUT2D eigenvalue weighted by Gasteiger charge is -2.21. The van der Waals surface area contributed by atoms with Gasteiger partial charge in [-0.15, -0.1) is 10.2 Å². The van der Waals surface area contributed by atoms with Crippen LogP contribution >= 0.6 is 22.9 Å². The number of halogens is 2. The third kappa shape index (κ3) is 2.45. The van der Waals surface area contributed by atoms with Gasteiger partial charge in [0.05, 0.1) is 17.0 Å². The van der Waals surface area contributed by atoms with Gasteiger partial charge < -0.3 is 4.42 Å². The maximum Gasteiger partial charge on any atom is 0.297 e. The summed E-state index contributed by atoms with van der Waals surface area (Å²) in [5.74, 6) is -0.993. The van der Waals surface area contributed by atoms with Crippen LogP contribution in [0.3, 0.4) is 0 Å². The Bertz CT molecular complexity index is 1290. The molecule has 28 heavy (non-hydrogen) atoms. The number of rotatable bonds is 2. The fraction of sp³-hybridized carbons (Fsp3) is 0.0526. The second kappa shape index (κ2) is 6.22. The smallest absolute Gasteiger partial charge is 0.297 e. The van der Waals surface area contributed by atoms with E-state index in [-0.39, 0.29) is 27.7 Å². The van der Waals surface area contributed by atoms with Gasteiger partial charge in [0.1, 0.15) is 16.9 Å². The Kier molecular flexibility index (Phi) is 3.78. The van der Waals surface area contributed by atoms with Gasteiger partial charge in [0.25, 0.3) is 5.91 Å². The lowest BCUT2D eigenvalue weighted by Crippen LogP contribution is -2.29. The SMILES string of the molecule is O=C1c2oc3ccc(Cl)cc3c(=O)c2[C@@H](c2ccc(F)cc2)N1c1nncs1. The molecule has 2 aromatic heterocycles. The molecule has 0 spiro atoms. The van der Waals surface area contributed by atoms with E-state index in [1.54, 1.807) is 12.1 Å². The molecule has 1 amide bonds. The zero-order valence-corrected chi connectivity index (χ0v) is 15.5. The molecular weight excluding hydrogens is 405 g/mol. The van der Waals surface area contributed by atoms with E-state index in [9.17, 15) is 14.0 Å². The summed E-state index contributed by atoms with van der Waals surface area (Å²) in [5.41, 5.74) is 2.10. The summed E-state index contributed by atoms with van der Waals surface area (Å²) in [4.78, 5) is 27.8. The summed E-state index contributed by atoms with van der Waals surface area (Å²) >= 11 is 7.19. The van der Waals surface area contributed by atoms with E-state index in [0.29, 0.717) is 15.7 Å². The number of benzene rings is 2. The molecule has 1 atom stereocenters. The molecule has 6 nitrogen and oxygen atoms in total. The number of nitrogens with zero attached hydrogens (tertiary/aromatic N) is 3. The summed E-state index contributed by atoms with van der Waals surface area (Å²) in [7, 11) is 0. The van der Waals surface area contributed by atoms with Crippen LogP contribution in [0.25, 0.3) is 11.0 Å².